The molecule has 1 aliphatic rings. The van der Waals surface area contributed by atoms with Crippen molar-refractivity contribution in [1.29, 1.82) is 0 Å². The highest BCUT2D eigenvalue weighted by atomic mass is 16.4. The molecule has 59 heavy (non-hydrogen) atoms. The lowest BCUT2D eigenvalue weighted by Crippen LogP contribution is -2.59. The Balaban J connectivity index is 2.24. The van der Waals surface area contributed by atoms with Crippen LogP contribution in [0.2, 0.25) is 0 Å². The standard InChI is InChI=1S/C36H54N10O13/c1-4-17(2)29(39)34(56)44-23(14-26(38)50)35(57)46-11-5-6-24(46)33(55)43-21(12-19-7-9-20(48)10-8-19)32(54)42-22(13-25(37)49)31(53)41-15-27(51)40-16-28(52)45-30(18(3)47)36(58)59/h7-10,17-18,21-24,29-30,47-48H,4-6,11-16,39H2,1-3H3,(H2,37,49)(H2,38,50)(H,40,51)(H,41,53)(H,42,54)(H,43,55)(H,44,56)(H,45,52)(H,58,59)/t17-,18+,21-,22-,23-,24-,29-,30-/m0/s1. The monoisotopic (exact) mass is 834 g/mol. The van der Waals surface area contributed by atoms with Gasteiger partial charge in [-0.15, -0.1) is 0 Å². The molecule has 0 unspecified atom stereocenters. The molecule has 15 N–H and O–H groups in total. The van der Waals surface area contributed by atoms with Crippen LogP contribution in [0, 0.1) is 5.92 Å². The summed E-state index contributed by atoms with van der Waals surface area (Å²) >= 11 is 0. The first-order valence-corrected chi connectivity index (χ1v) is 18.7. The van der Waals surface area contributed by atoms with Crippen LogP contribution in [-0.4, -0.2) is 141 Å². The van der Waals surface area contributed by atoms with E-state index in [1.165, 1.54) is 24.3 Å². The minimum Gasteiger partial charge on any atom is -0.508 e. The number of nitrogens with one attached hydrogen (secondary N) is 6. The van der Waals surface area contributed by atoms with Crippen LogP contribution >= 0.6 is 0 Å². The van der Waals surface area contributed by atoms with E-state index >= 15 is 0 Å². The lowest BCUT2D eigenvalue weighted by Gasteiger charge is -2.30. The number of likely N-dealkylation sites (tertiary alicyclic amines) is 1. The van der Waals surface area contributed by atoms with E-state index in [-0.39, 0.29) is 31.1 Å². The van der Waals surface area contributed by atoms with Crippen LogP contribution in [0.15, 0.2) is 24.3 Å². The van der Waals surface area contributed by atoms with E-state index in [1.807, 2.05) is 12.2 Å². The molecule has 1 fully saturated rings. The third kappa shape index (κ3) is 15.8. The van der Waals surface area contributed by atoms with Crippen molar-refractivity contribution in [3.63, 3.8) is 0 Å². The summed E-state index contributed by atoms with van der Waals surface area (Å²) in [6, 6.07) is -2.94. The smallest absolute Gasteiger partial charge is 0.328 e. The second-order valence-corrected chi connectivity index (χ2v) is 14.1. The van der Waals surface area contributed by atoms with E-state index < -0.39 is 127 Å². The van der Waals surface area contributed by atoms with E-state index in [0.29, 0.717) is 18.4 Å². The summed E-state index contributed by atoms with van der Waals surface area (Å²) < 4.78 is 0. The number of aliphatic hydroxyl groups is 1. The van der Waals surface area contributed by atoms with Gasteiger partial charge in [-0.25, -0.2) is 4.79 Å². The van der Waals surface area contributed by atoms with Gasteiger partial charge >= 0.3 is 5.97 Å². The molecule has 0 radical (unpaired) electrons. The number of carboxylic acids is 1. The van der Waals surface area contributed by atoms with E-state index in [2.05, 4.69) is 26.6 Å². The molecule has 0 saturated carbocycles. The molecule has 1 heterocycles. The molecule has 0 aliphatic carbocycles. The Hall–Kier alpha value is -6.36. The van der Waals surface area contributed by atoms with Crippen molar-refractivity contribution in [1.82, 2.24) is 36.8 Å². The molecule has 8 atom stereocenters. The Kier molecular flexibility index (Phi) is 19.1. The third-order valence-corrected chi connectivity index (χ3v) is 9.40. The molecule has 1 aliphatic heterocycles. The summed E-state index contributed by atoms with van der Waals surface area (Å²) in [7, 11) is 0. The maximum Gasteiger partial charge on any atom is 0.328 e. The van der Waals surface area contributed by atoms with Crippen LogP contribution in [0.5, 0.6) is 5.75 Å². The SMILES string of the molecule is CC[C@H](C)[C@H](N)C(=O)N[C@@H](CC(N)=O)C(=O)N1CCC[C@H]1C(=O)N[C@@H](Cc1ccc(O)cc1)C(=O)N[C@@H](CC(N)=O)C(=O)NCC(=O)NCC(=O)N[C@H](C(=O)O)[C@@H](C)O. The van der Waals surface area contributed by atoms with Crippen molar-refractivity contribution in [2.24, 2.45) is 23.1 Å². The van der Waals surface area contributed by atoms with Crippen LogP contribution in [-0.2, 0) is 54.4 Å². The van der Waals surface area contributed by atoms with Crippen molar-refractivity contribution in [2.75, 3.05) is 19.6 Å². The molecule has 1 aromatic rings. The number of carbonyl (C=O) groups excluding carboxylic acids is 9. The number of nitrogens with zero attached hydrogens (tertiary/aromatic N) is 1. The zero-order valence-corrected chi connectivity index (χ0v) is 32.9. The van der Waals surface area contributed by atoms with Gasteiger partial charge in [0.2, 0.25) is 53.2 Å². The zero-order chi connectivity index (χ0) is 44.6. The van der Waals surface area contributed by atoms with Crippen molar-refractivity contribution < 1.29 is 63.3 Å². The van der Waals surface area contributed by atoms with Gasteiger partial charge in [-0.05, 0) is 43.4 Å². The molecule has 0 spiro atoms. The summed E-state index contributed by atoms with van der Waals surface area (Å²) in [6.07, 6.45) is -2.06. The Labute approximate surface area is 338 Å². The number of benzene rings is 1. The molecule has 23 heteroatoms. The number of rotatable bonds is 23. The van der Waals surface area contributed by atoms with Gasteiger partial charge in [0.1, 0.15) is 29.9 Å². The minimum absolute atomic E-state index is 0.0398. The van der Waals surface area contributed by atoms with Gasteiger partial charge in [0, 0.05) is 13.0 Å². The first-order valence-electron chi connectivity index (χ1n) is 18.7. The van der Waals surface area contributed by atoms with E-state index in [1.54, 1.807) is 6.92 Å². The topological polar surface area (TPSA) is 385 Å². The summed E-state index contributed by atoms with van der Waals surface area (Å²) in [4.78, 5) is 128. The van der Waals surface area contributed by atoms with E-state index in [9.17, 15) is 58.2 Å². The van der Waals surface area contributed by atoms with Crippen LogP contribution in [0.25, 0.3) is 0 Å². The van der Waals surface area contributed by atoms with Crippen molar-refractivity contribution in [3.8, 4) is 5.75 Å². The van der Waals surface area contributed by atoms with Gasteiger partial charge < -0.3 is 69.3 Å². The normalized spacial score (nSPS) is 17.0. The Morgan fingerprint density at radius 1 is 0.780 bits per heavy atom. The van der Waals surface area contributed by atoms with Crippen LogP contribution in [0.3, 0.4) is 0 Å². The fourth-order valence-electron chi connectivity index (χ4n) is 5.86. The average Bonchev–Trinajstić information content (AvgIpc) is 3.67. The Morgan fingerprint density at radius 3 is 1.92 bits per heavy atom. The number of carbonyl (C=O) groups is 10. The maximum absolute atomic E-state index is 13.8. The molecule has 326 valence electrons. The van der Waals surface area contributed by atoms with Crippen molar-refractivity contribution >= 4 is 59.1 Å². The van der Waals surface area contributed by atoms with Crippen LogP contribution < -0.4 is 49.1 Å². The summed E-state index contributed by atoms with van der Waals surface area (Å²) in [5, 5.41) is 42.0. The summed E-state index contributed by atoms with van der Waals surface area (Å²) in [5.41, 5.74) is 17.1. The molecule has 1 saturated heterocycles. The Bertz CT molecular complexity index is 1720. The minimum atomic E-state index is -1.69. The van der Waals surface area contributed by atoms with Crippen molar-refractivity contribution in [3.05, 3.63) is 29.8 Å². The van der Waals surface area contributed by atoms with E-state index in [0.717, 1.165) is 11.8 Å². The first-order chi connectivity index (χ1) is 27.6. The summed E-state index contributed by atoms with van der Waals surface area (Å²) in [6.45, 7) is 3.20. The van der Waals surface area contributed by atoms with Gasteiger partial charge in [-0.2, -0.15) is 0 Å². The zero-order valence-electron chi connectivity index (χ0n) is 32.9. The first kappa shape index (κ1) is 48.8. The van der Waals surface area contributed by atoms with Gasteiger partial charge in [0.25, 0.3) is 0 Å². The Morgan fingerprint density at radius 2 is 1.36 bits per heavy atom. The highest BCUT2D eigenvalue weighted by Crippen LogP contribution is 2.21. The van der Waals surface area contributed by atoms with E-state index in [4.69, 9.17) is 22.3 Å². The van der Waals surface area contributed by atoms with Gasteiger partial charge in [0.05, 0.1) is 38.1 Å². The number of aromatic hydroxyl groups is 1. The number of amides is 9. The molecule has 0 aromatic heterocycles. The fourth-order valence-corrected chi connectivity index (χ4v) is 5.86. The maximum atomic E-state index is 13.8. The predicted octanol–water partition coefficient (Wildman–Crippen LogP) is -5.31. The number of hydrogen-bond acceptors (Lipinski definition) is 13. The van der Waals surface area contributed by atoms with Gasteiger partial charge in [-0.1, -0.05) is 32.4 Å². The number of primary amides is 2. The van der Waals surface area contributed by atoms with Crippen molar-refractivity contribution in [2.45, 2.75) is 102 Å². The number of phenolic OH excluding ortho intramolecular Hbond substituents is 1. The lowest BCUT2D eigenvalue weighted by molar-refractivity contribution is -0.144. The average molecular weight is 835 g/mol. The second kappa shape index (κ2) is 23.1. The van der Waals surface area contributed by atoms with Crippen LogP contribution in [0.4, 0.5) is 0 Å². The number of hydrogen-bond donors (Lipinski definition) is 12. The number of aliphatic carboxylic acids is 1. The second-order valence-electron chi connectivity index (χ2n) is 14.1. The fraction of sp³-hybridized carbons (Fsp3) is 0.556. The third-order valence-electron chi connectivity index (χ3n) is 9.40. The molecule has 2 rings (SSSR count). The van der Waals surface area contributed by atoms with Gasteiger partial charge in [0.15, 0.2) is 6.04 Å². The molecular formula is C36H54N10O13. The number of carboxylic acid groups (broad SMARTS) is 1. The molecule has 0 bridgehead atoms. The quantitative estimate of drug-likeness (QED) is 0.0490. The number of phenols is 1. The van der Waals surface area contributed by atoms with Gasteiger partial charge in [-0.3, -0.25) is 43.2 Å². The summed E-state index contributed by atoms with van der Waals surface area (Å²) in [5.74, 6) is -10.2. The lowest BCUT2D eigenvalue weighted by atomic mass is 9.98. The van der Waals surface area contributed by atoms with Crippen LogP contribution in [0.1, 0.15) is 58.4 Å². The number of nitrogens with two attached hydrogens (primary N) is 3. The number of aliphatic hydroxyl groups excluding tert-OH is 1. The molecule has 23 nitrogen and oxygen atoms in total. The largest absolute Gasteiger partial charge is 0.508 e. The molecular weight excluding hydrogens is 780 g/mol. The molecule has 1 aromatic carbocycles. The highest BCUT2D eigenvalue weighted by molar-refractivity contribution is 5.99. The highest BCUT2D eigenvalue weighted by Gasteiger charge is 2.40. The molecule has 9 amide bonds. The predicted molar refractivity (Wildman–Crippen MR) is 205 cm³/mol.